The van der Waals surface area contributed by atoms with Gasteiger partial charge in [0, 0.05) is 42.8 Å². The second-order valence-electron chi connectivity index (χ2n) is 5.46. The number of pyridine rings is 1. The highest BCUT2D eigenvalue weighted by Crippen LogP contribution is 2.19. The van der Waals surface area contributed by atoms with Gasteiger partial charge in [0.1, 0.15) is 0 Å². The normalized spacial score (nSPS) is 13.8. The van der Waals surface area contributed by atoms with Gasteiger partial charge < -0.3 is 9.47 Å². The molecular formula is C17H17BrN2O2. The summed E-state index contributed by atoms with van der Waals surface area (Å²) in [5, 5.41) is 0. The lowest BCUT2D eigenvalue weighted by Gasteiger charge is -2.29. The van der Waals surface area contributed by atoms with E-state index in [0.717, 1.165) is 17.4 Å². The SMILES string of the molecule is O=C(CCn1cc(Br)ccc1=O)N1CCc2ccccc2C1. The van der Waals surface area contributed by atoms with Gasteiger partial charge in [0.15, 0.2) is 0 Å². The first-order valence-corrected chi connectivity index (χ1v) is 8.13. The van der Waals surface area contributed by atoms with E-state index in [9.17, 15) is 9.59 Å². The van der Waals surface area contributed by atoms with Gasteiger partial charge in [-0.1, -0.05) is 24.3 Å². The average Bonchev–Trinajstić information content (AvgIpc) is 2.55. The van der Waals surface area contributed by atoms with Crippen LogP contribution in [0.25, 0.3) is 0 Å². The number of carbonyl (C=O) groups excluding carboxylic acids is 1. The number of aromatic nitrogens is 1. The van der Waals surface area contributed by atoms with Crippen molar-refractivity contribution in [2.45, 2.75) is 25.9 Å². The Morgan fingerprint density at radius 1 is 1.14 bits per heavy atom. The molecule has 1 aromatic carbocycles. The minimum atomic E-state index is -0.0833. The van der Waals surface area contributed by atoms with Crippen LogP contribution < -0.4 is 5.56 Å². The lowest BCUT2D eigenvalue weighted by Crippen LogP contribution is -2.36. The molecule has 2 aromatic rings. The molecule has 0 bridgehead atoms. The van der Waals surface area contributed by atoms with Gasteiger partial charge in [0.05, 0.1) is 0 Å². The van der Waals surface area contributed by atoms with Crippen molar-refractivity contribution in [2.24, 2.45) is 0 Å². The number of hydrogen-bond donors (Lipinski definition) is 0. The number of halogens is 1. The molecule has 3 rings (SSSR count). The summed E-state index contributed by atoms with van der Waals surface area (Å²) in [4.78, 5) is 26.0. The zero-order chi connectivity index (χ0) is 15.5. The maximum atomic E-state index is 12.4. The molecule has 1 aromatic heterocycles. The Kier molecular flexibility index (Phi) is 4.43. The van der Waals surface area contributed by atoms with Crippen LogP contribution in [0.3, 0.4) is 0 Å². The van der Waals surface area contributed by atoms with Crippen LogP contribution in [0.2, 0.25) is 0 Å². The lowest BCUT2D eigenvalue weighted by molar-refractivity contribution is -0.132. The van der Waals surface area contributed by atoms with E-state index in [1.165, 1.54) is 17.2 Å². The van der Waals surface area contributed by atoms with Gasteiger partial charge in [-0.3, -0.25) is 9.59 Å². The fraction of sp³-hybridized carbons (Fsp3) is 0.294. The molecule has 4 nitrogen and oxygen atoms in total. The summed E-state index contributed by atoms with van der Waals surface area (Å²) in [6.07, 6.45) is 2.97. The number of carbonyl (C=O) groups is 1. The largest absolute Gasteiger partial charge is 0.338 e. The number of fused-ring (bicyclic) bond motifs is 1. The highest BCUT2D eigenvalue weighted by atomic mass is 79.9. The minimum Gasteiger partial charge on any atom is -0.338 e. The molecule has 0 saturated carbocycles. The van der Waals surface area contributed by atoms with Crippen molar-refractivity contribution in [3.63, 3.8) is 0 Å². The predicted octanol–water partition coefficient (Wildman–Crippen LogP) is 2.59. The van der Waals surface area contributed by atoms with Crippen molar-refractivity contribution >= 4 is 21.8 Å². The topological polar surface area (TPSA) is 42.3 Å². The van der Waals surface area contributed by atoms with E-state index >= 15 is 0 Å². The van der Waals surface area contributed by atoms with Crippen molar-refractivity contribution in [2.75, 3.05) is 6.54 Å². The molecule has 0 aliphatic carbocycles. The first-order valence-electron chi connectivity index (χ1n) is 7.34. The standard InChI is InChI=1S/C17H17BrN2O2/c18-15-5-6-16(21)20(12-15)10-8-17(22)19-9-7-13-3-1-2-4-14(13)11-19/h1-6,12H,7-11H2. The van der Waals surface area contributed by atoms with E-state index in [-0.39, 0.29) is 11.5 Å². The fourth-order valence-corrected chi connectivity index (χ4v) is 3.14. The van der Waals surface area contributed by atoms with Gasteiger partial charge in [-0.05, 0) is 39.5 Å². The van der Waals surface area contributed by atoms with Crippen LogP contribution in [-0.2, 0) is 24.3 Å². The third kappa shape index (κ3) is 3.30. The average molecular weight is 361 g/mol. The summed E-state index contributed by atoms with van der Waals surface area (Å²) >= 11 is 3.34. The lowest BCUT2D eigenvalue weighted by atomic mass is 10.00. The summed E-state index contributed by atoms with van der Waals surface area (Å²) in [5.74, 6) is 0.0985. The molecule has 0 N–H and O–H groups in total. The van der Waals surface area contributed by atoms with Crippen molar-refractivity contribution < 1.29 is 4.79 Å². The zero-order valence-electron chi connectivity index (χ0n) is 12.2. The Hall–Kier alpha value is -1.88. The summed E-state index contributed by atoms with van der Waals surface area (Å²) in [5.41, 5.74) is 2.47. The summed E-state index contributed by atoms with van der Waals surface area (Å²) in [7, 11) is 0. The van der Waals surface area contributed by atoms with E-state index < -0.39 is 0 Å². The molecule has 1 aliphatic heterocycles. The fourth-order valence-electron chi connectivity index (χ4n) is 2.76. The van der Waals surface area contributed by atoms with Crippen molar-refractivity contribution in [3.8, 4) is 0 Å². The van der Waals surface area contributed by atoms with Gasteiger partial charge in [0.2, 0.25) is 5.91 Å². The number of nitrogens with zero attached hydrogens (tertiary/aromatic N) is 2. The molecule has 114 valence electrons. The minimum absolute atomic E-state index is 0.0833. The van der Waals surface area contributed by atoms with Crippen LogP contribution in [0.4, 0.5) is 0 Å². The maximum Gasteiger partial charge on any atom is 0.250 e. The van der Waals surface area contributed by atoms with Gasteiger partial charge in [0.25, 0.3) is 5.56 Å². The second-order valence-corrected chi connectivity index (χ2v) is 6.38. The second kappa shape index (κ2) is 6.48. The molecule has 1 amide bonds. The highest BCUT2D eigenvalue weighted by molar-refractivity contribution is 9.10. The van der Waals surface area contributed by atoms with E-state index in [1.807, 2.05) is 17.0 Å². The molecule has 0 atom stereocenters. The summed E-state index contributed by atoms with van der Waals surface area (Å²) in [6.45, 7) is 1.83. The number of aryl methyl sites for hydroxylation is 1. The third-order valence-electron chi connectivity index (χ3n) is 4.00. The molecular weight excluding hydrogens is 344 g/mol. The molecule has 1 aliphatic rings. The van der Waals surface area contributed by atoms with Crippen LogP contribution in [0.1, 0.15) is 17.5 Å². The zero-order valence-corrected chi connectivity index (χ0v) is 13.8. The molecule has 0 saturated heterocycles. The van der Waals surface area contributed by atoms with Crippen molar-refractivity contribution in [3.05, 3.63) is 68.5 Å². The molecule has 0 spiro atoms. The van der Waals surface area contributed by atoms with E-state index in [2.05, 4.69) is 28.1 Å². The first-order chi connectivity index (χ1) is 10.6. The number of hydrogen-bond acceptors (Lipinski definition) is 2. The molecule has 0 radical (unpaired) electrons. The van der Waals surface area contributed by atoms with Crippen LogP contribution in [0.15, 0.2) is 51.9 Å². The van der Waals surface area contributed by atoms with Crippen molar-refractivity contribution in [1.29, 1.82) is 0 Å². The summed E-state index contributed by atoms with van der Waals surface area (Å²) < 4.78 is 2.41. The molecule has 5 heteroatoms. The monoisotopic (exact) mass is 360 g/mol. The van der Waals surface area contributed by atoms with Crippen molar-refractivity contribution in [1.82, 2.24) is 9.47 Å². The Bertz CT molecular complexity index is 754. The number of amides is 1. The number of benzene rings is 1. The number of rotatable bonds is 3. The van der Waals surface area contributed by atoms with Crippen LogP contribution >= 0.6 is 15.9 Å². The van der Waals surface area contributed by atoms with E-state index in [4.69, 9.17) is 0 Å². The van der Waals surface area contributed by atoms with Gasteiger partial charge in [-0.15, -0.1) is 0 Å². The highest BCUT2D eigenvalue weighted by Gasteiger charge is 2.20. The molecule has 0 unspecified atom stereocenters. The van der Waals surface area contributed by atoms with Crippen LogP contribution in [0, 0.1) is 0 Å². The van der Waals surface area contributed by atoms with E-state index in [0.29, 0.717) is 19.5 Å². The van der Waals surface area contributed by atoms with Gasteiger partial charge in [-0.25, -0.2) is 0 Å². The van der Waals surface area contributed by atoms with E-state index in [1.54, 1.807) is 16.8 Å². The third-order valence-corrected chi connectivity index (χ3v) is 4.47. The first kappa shape index (κ1) is 15.0. The summed E-state index contributed by atoms with van der Waals surface area (Å²) in [6, 6.07) is 11.5. The quantitative estimate of drug-likeness (QED) is 0.844. The predicted molar refractivity (Wildman–Crippen MR) is 88.6 cm³/mol. The Labute approximate surface area is 137 Å². The molecule has 2 heterocycles. The van der Waals surface area contributed by atoms with Crippen LogP contribution in [-0.4, -0.2) is 21.9 Å². The molecule has 0 fully saturated rings. The van der Waals surface area contributed by atoms with Gasteiger partial charge in [-0.2, -0.15) is 0 Å². The molecule has 22 heavy (non-hydrogen) atoms. The van der Waals surface area contributed by atoms with Gasteiger partial charge >= 0.3 is 0 Å². The Morgan fingerprint density at radius 3 is 2.73 bits per heavy atom. The maximum absolute atomic E-state index is 12.4. The van der Waals surface area contributed by atoms with Crippen LogP contribution in [0.5, 0.6) is 0 Å². The Morgan fingerprint density at radius 2 is 1.91 bits per heavy atom. The smallest absolute Gasteiger partial charge is 0.250 e. The Balaban J connectivity index is 1.64.